The van der Waals surface area contributed by atoms with Crippen LogP contribution in [0.25, 0.3) is 0 Å². The molecule has 2 rings (SSSR count). The number of unbranched alkanes of at least 4 members (excludes halogenated alkanes) is 1. The summed E-state index contributed by atoms with van der Waals surface area (Å²) in [5.74, 6) is 1.41. The summed E-state index contributed by atoms with van der Waals surface area (Å²) in [7, 11) is 0. The minimum absolute atomic E-state index is 0.125. The molecular formula is C20H38OS2. The van der Waals surface area contributed by atoms with Gasteiger partial charge < -0.3 is 5.11 Å². The van der Waals surface area contributed by atoms with Crippen LogP contribution in [0.15, 0.2) is 0 Å². The first-order valence-electron chi connectivity index (χ1n) is 9.97. The predicted molar refractivity (Wildman–Crippen MR) is 108 cm³/mol. The van der Waals surface area contributed by atoms with E-state index in [1.807, 2.05) is 0 Å². The Bertz CT molecular complexity index is 313. The third-order valence-corrected chi connectivity index (χ3v) is 8.76. The molecule has 23 heavy (non-hydrogen) atoms. The van der Waals surface area contributed by atoms with Crippen LogP contribution < -0.4 is 0 Å². The molecule has 0 radical (unpaired) electrons. The van der Waals surface area contributed by atoms with Crippen molar-refractivity contribution in [1.82, 2.24) is 0 Å². The Morgan fingerprint density at radius 3 is 2.26 bits per heavy atom. The number of aliphatic hydroxyl groups excluding tert-OH is 1. The Hall–Kier alpha value is 0.660. The van der Waals surface area contributed by atoms with Crippen molar-refractivity contribution in [3.63, 3.8) is 0 Å². The van der Waals surface area contributed by atoms with E-state index < -0.39 is 0 Å². The van der Waals surface area contributed by atoms with Gasteiger partial charge in [-0.2, -0.15) is 23.5 Å². The van der Waals surface area contributed by atoms with E-state index in [1.54, 1.807) is 0 Å². The molecule has 136 valence electrons. The standard InChI is InChI=1S/C20H38OS2/c1-20(2,16-21)14-5-3-9-18-10-7-11-19(23-18)13-12-17-8-4-6-15-22-17/h17-19,21H,3-16H2,1-2H3. The van der Waals surface area contributed by atoms with Crippen LogP contribution >= 0.6 is 23.5 Å². The topological polar surface area (TPSA) is 20.2 Å². The quantitative estimate of drug-likeness (QED) is 0.489. The molecule has 1 N–H and O–H groups in total. The van der Waals surface area contributed by atoms with E-state index in [1.165, 1.54) is 82.8 Å². The fourth-order valence-corrected chi connectivity index (χ4v) is 6.93. The third kappa shape index (κ3) is 8.05. The van der Waals surface area contributed by atoms with Gasteiger partial charge in [-0.15, -0.1) is 0 Å². The molecular weight excluding hydrogens is 320 g/mol. The van der Waals surface area contributed by atoms with Crippen molar-refractivity contribution in [1.29, 1.82) is 0 Å². The maximum atomic E-state index is 9.34. The van der Waals surface area contributed by atoms with Gasteiger partial charge in [-0.05, 0) is 62.5 Å². The lowest BCUT2D eigenvalue weighted by atomic mass is 9.88. The molecule has 0 aliphatic carbocycles. The van der Waals surface area contributed by atoms with E-state index in [-0.39, 0.29) is 5.41 Å². The fourth-order valence-electron chi connectivity index (χ4n) is 3.87. The molecule has 3 atom stereocenters. The van der Waals surface area contributed by atoms with E-state index in [4.69, 9.17) is 0 Å². The second kappa shape index (κ2) is 10.6. The molecule has 0 amide bonds. The van der Waals surface area contributed by atoms with E-state index in [0.29, 0.717) is 6.61 Å². The summed E-state index contributed by atoms with van der Waals surface area (Å²) in [6.07, 6.45) is 16.9. The highest BCUT2D eigenvalue weighted by molar-refractivity contribution is 8.00. The largest absolute Gasteiger partial charge is 0.396 e. The Morgan fingerprint density at radius 1 is 0.870 bits per heavy atom. The SMILES string of the molecule is CC(C)(CO)CCCCC1CCCC(CCC2CCCCS2)S1. The summed E-state index contributed by atoms with van der Waals surface area (Å²) >= 11 is 4.57. The van der Waals surface area contributed by atoms with Crippen molar-refractivity contribution < 1.29 is 5.11 Å². The van der Waals surface area contributed by atoms with Crippen LogP contribution in [0, 0.1) is 5.41 Å². The van der Waals surface area contributed by atoms with Gasteiger partial charge in [-0.25, -0.2) is 0 Å². The van der Waals surface area contributed by atoms with E-state index in [9.17, 15) is 5.11 Å². The van der Waals surface area contributed by atoms with Gasteiger partial charge in [0, 0.05) is 22.4 Å². The molecule has 1 nitrogen and oxygen atoms in total. The summed E-state index contributed by atoms with van der Waals surface area (Å²) in [6, 6.07) is 0. The van der Waals surface area contributed by atoms with E-state index in [0.717, 1.165) is 15.7 Å². The Labute approximate surface area is 153 Å². The maximum Gasteiger partial charge on any atom is 0.0482 e. The number of aliphatic hydroxyl groups is 1. The first-order valence-corrected chi connectivity index (χ1v) is 12.0. The van der Waals surface area contributed by atoms with Crippen molar-refractivity contribution >= 4 is 23.5 Å². The van der Waals surface area contributed by atoms with Gasteiger partial charge >= 0.3 is 0 Å². The van der Waals surface area contributed by atoms with Crippen molar-refractivity contribution in [2.45, 2.75) is 107 Å². The number of thioether (sulfide) groups is 2. The zero-order valence-corrected chi connectivity index (χ0v) is 17.0. The Morgan fingerprint density at radius 2 is 1.57 bits per heavy atom. The summed E-state index contributed by atoms with van der Waals surface area (Å²) in [6.45, 7) is 4.69. The molecule has 2 saturated heterocycles. The lowest BCUT2D eigenvalue weighted by molar-refractivity contribution is 0.147. The van der Waals surface area contributed by atoms with E-state index >= 15 is 0 Å². The van der Waals surface area contributed by atoms with Gasteiger partial charge in [0.2, 0.25) is 0 Å². The Kier molecular flexibility index (Phi) is 9.21. The molecule has 2 aliphatic rings. The Balaban J connectivity index is 1.57. The zero-order valence-electron chi connectivity index (χ0n) is 15.4. The molecule has 0 aromatic carbocycles. The monoisotopic (exact) mass is 358 g/mol. The third-order valence-electron chi connectivity index (χ3n) is 5.58. The molecule has 0 aromatic heterocycles. The number of rotatable bonds is 9. The zero-order chi connectivity index (χ0) is 16.5. The van der Waals surface area contributed by atoms with Crippen LogP contribution in [0.4, 0.5) is 0 Å². The number of hydrogen-bond donors (Lipinski definition) is 1. The van der Waals surface area contributed by atoms with Crippen molar-refractivity contribution in [2.24, 2.45) is 5.41 Å². The van der Waals surface area contributed by atoms with Crippen LogP contribution in [-0.2, 0) is 0 Å². The molecule has 0 bridgehead atoms. The lowest BCUT2D eigenvalue weighted by Crippen LogP contribution is -2.20. The highest BCUT2D eigenvalue weighted by atomic mass is 32.2. The van der Waals surface area contributed by atoms with Crippen molar-refractivity contribution in [3.05, 3.63) is 0 Å². The first kappa shape index (κ1) is 20.0. The second-order valence-corrected chi connectivity index (χ2v) is 11.5. The van der Waals surface area contributed by atoms with Crippen LogP contribution in [0.3, 0.4) is 0 Å². The van der Waals surface area contributed by atoms with Crippen LogP contribution in [0.2, 0.25) is 0 Å². The fraction of sp³-hybridized carbons (Fsp3) is 1.00. The van der Waals surface area contributed by atoms with Crippen LogP contribution in [0.5, 0.6) is 0 Å². The van der Waals surface area contributed by atoms with Crippen LogP contribution in [-0.4, -0.2) is 33.2 Å². The molecule has 0 spiro atoms. The first-order chi connectivity index (χ1) is 11.1. The van der Waals surface area contributed by atoms with Crippen molar-refractivity contribution in [3.8, 4) is 0 Å². The average molecular weight is 359 g/mol. The van der Waals surface area contributed by atoms with Crippen LogP contribution in [0.1, 0.15) is 90.9 Å². The molecule has 0 aromatic rings. The molecule has 2 aliphatic heterocycles. The minimum atomic E-state index is 0.125. The van der Waals surface area contributed by atoms with E-state index in [2.05, 4.69) is 37.4 Å². The maximum absolute atomic E-state index is 9.34. The highest BCUT2D eigenvalue weighted by Crippen LogP contribution is 2.39. The smallest absolute Gasteiger partial charge is 0.0482 e. The van der Waals surface area contributed by atoms with Gasteiger partial charge in [0.05, 0.1) is 0 Å². The normalized spacial score (nSPS) is 29.6. The molecule has 3 unspecified atom stereocenters. The predicted octanol–water partition coefficient (Wildman–Crippen LogP) is 6.29. The minimum Gasteiger partial charge on any atom is -0.396 e. The lowest BCUT2D eigenvalue weighted by Gasteiger charge is -2.31. The molecule has 0 saturated carbocycles. The van der Waals surface area contributed by atoms with Gasteiger partial charge in [0.25, 0.3) is 0 Å². The molecule has 3 heteroatoms. The summed E-state index contributed by atoms with van der Waals surface area (Å²) < 4.78 is 0. The van der Waals surface area contributed by atoms with Crippen molar-refractivity contribution in [2.75, 3.05) is 12.4 Å². The van der Waals surface area contributed by atoms with Gasteiger partial charge in [0.15, 0.2) is 0 Å². The van der Waals surface area contributed by atoms with Gasteiger partial charge in [0.1, 0.15) is 0 Å². The summed E-state index contributed by atoms with van der Waals surface area (Å²) in [4.78, 5) is 0. The van der Waals surface area contributed by atoms with Gasteiger partial charge in [-0.1, -0.05) is 39.5 Å². The highest BCUT2D eigenvalue weighted by Gasteiger charge is 2.24. The average Bonchev–Trinajstić information content (AvgIpc) is 2.58. The summed E-state index contributed by atoms with van der Waals surface area (Å²) in [5.41, 5.74) is 0.125. The molecule has 2 fully saturated rings. The second-order valence-electron chi connectivity index (χ2n) is 8.45. The molecule has 2 heterocycles. The summed E-state index contributed by atoms with van der Waals surface area (Å²) in [5, 5.41) is 12.2. The number of hydrogen-bond acceptors (Lipinski definition) is 3. The van der Waals surface area contributed by atoms with Gasteiger partial charge in [-0.3, -0.25) is 0 Å².